The Morgan fingerprint density at radius 2 is 1.84 bits per heavy atom. The highest BCUT2D eigenvalue weighted by molar-refractivity contribution is 7.87. The van der Waals surface area contributed by atoms with Crippen LogP contribution in [-0.2, 0) is 30.9 Å². The zero-order valence-electron chi connectivity index (χ0n) is 15.0. The van der Waals surface area contributed by atoms with E-state index in [1.165, 1.54) is 21.1 Å². The standard InChI is InChI=1S/C16H25NO7S/c1-5-25(19,20)24-15-10-13(6-7-14(15)23-4)11-17(8-9-21-2)16(18)12-22-3/h6-7,10H,5,8-9,11-12H2,1-4H3. The third-order valence-corrected chi connectivity index (χ3v) is 4.50. The first-order chi connectivity index (χ1) is 11.9. The minimum atomic E-state index is -3.69. The number of benzene rings is 1. The number of nitrogens with zero attached hydrogens (tertiary/aromatic N) is 1. The SMILES string of the molecule is CCS(=O)(=O)Oc1cc(CN(CCOC)C(=O)COC)ccc1OC. The van der Waals surface area contributed by atoms with Crippen molar-refractivity contribution < 1.29 is 31.6 Å². The third kappa shape index (κ3) is 6.89. The quantitative estimate of drug-likeness (QED) is 0.534. The minimum absolute atomic E-state index is 0.0482. The van der Waals surface area contributed by atoms with Gasteiger partial charge in [0, 0.05) is 27.3 Å². The van der Waals surface area contributed by atoms with Crippen LogP contribution in [0.5, 0.6) is 11.5 Å². The van der Waals surface area contributed by atoms with Crippen molar-refractivity contribution in [1.82, 2.24) is 4.90 Å². The molecule has 142 valence electrons. The Bertz CT molecular complexity index is 660. The Morgan fingerprint density at radius 3 is 2.40 bits per heavy atom. The van der Waals surface area contributed by atoms with Gasteiger partial charge in [-0.25, -0.2) is 0 Å². The van der Waals surface area contributed by atoms with Crippen molar-refractivity contribution in [2.24, 2.45) is 0 Å². The first-order valence-corrected chi connectivity index (χ1v) is 9.29. The van der Waals surface area contributed by atoms with E-state index in [2.05, 4.69) is 0 Å². The van der Waals surface area contributed by atoms with E-state index in [0.29, 0.717) is 24.5 Å². The van der Waals surface area contributed by atoms with Crippen LogP contribution in [0.15, 0.2) is 18.2 Å². The maximum absolute atomic E-state index is 12.1. The zero-order chi connectivity index (χ0) is 18.9. The van der Waals surface area contributed by atoms with Gasteiger partial charge in [-0.05, 0) is 24.6 Å². The van der Waals surface area contributed by atoms with E-state index in [4.69, 9.17) is 18.4 Å². The number of methoxy groups -OCH3 is 3. The third-order valence-electron chi connectivity index (χ3n) is 3.36. The molecule has 8 nitrogen and oxygen atoms in total. The molecular weight excluding hydrogens is 350 g/mol. The molecule has 1 rings (SSSR count). The number of rotatable bonds is 11. The van der Waals surface area contributed by atoms with E-state index < -0.39 is 10.1 Å². The van der Waals surface area contributed by atoms with Crippen LogP contribution in [0.4, 0.5) is 0 Å². The van der Waals surface area contributed by atoms with Gasteiger partial charge in [0.2, 0.25) is 5.91 Å². The second-order valence-corrected chi connectivity index (χ2v) is 7.02. The lowest BCUT2D eigenvalue weighted by Crippen LogP contribution is -2.35. The summed E-state index contributed by atoms with van der Waals surface area (Å²) in [4.78, 5) is 13.7. The van der Waals surface area contributed by atoms with Crippen LogP contribution in [0, 0.1) is 0 Å². The summed E-state index contributed by atoms with van der Waals surface area (Å²) in [6.07, 6.45) is 0. The molecule has 0 aliphatic carbocycles. The summed E-state index contributed by atoms with van der Waals surface area (Å²) in [5, 5.41) is 0. The van der Waals surface area contributed by atoms with E-state index in [9.17, 15) is 13.2 Å². The van der Waals surface area contributed by atoms with Crippen LogP contribution in [0.1, 0.15) is 12.5 Å². The van der Waals surface area contributed by atoms with Crippen molar-refractivity contribution >= 4 is 16.0 Å². The first kappa shape index (κ1) is 21.2. The molecule has 0 bridgehead atoms. The fourth-order valence-corrected chi connectivity index (χ4v) is 2.53. The minimum Gasteiger partial charge on any atom is -0.493 e. The van der Waals surface area contributed by atoms with Gasteiger partial charge in [0.1, 0.15) is 6.61 Å². The van der Waals surface area contributed by atoms with Crippen LogP contribution in [0.2, 0.25) is 0 Å². The molecule has 1 amide bonds. The summed E-state index contributed by atoms with van der Waals surface area (Å²) in [6, 6.07) is 4.89. The summed E-state index contributed by atoms with van der Waals surface area (Å²) in [7, 11) is 0.729. The topological polar surface area (TPSA) is 91.4 Å². The van der Waals surface area contributed by atoms with Gasteiger partial charge in [-0.1, -0.05) is 6.07 Å². The summed E-state index contributed by atoms with van der Waals surface area (Å²) >= 11 is 0. The zero-order valence-corrected chi connectivity index (χ0v) is 15.8. The number of hydrogen-bond donors (Lipinski definition) is 0. The molecule has 0 unspecified atom stereocenters. The van der Waals surface area contributed by atoms with Crippen molar-refractivity contribution in [3.63, 3.8) is 0 Å². The second kappa shape index (κ2) is 10.2. The molecular formula is C16H25NO7S. The molecule has 0 saturated heterocycles. The van der Waals surface area contributed by atoms with Crippen molar-refractivity contribution in [2.45, 2.75) is 13.5 Å². The van der Waals surface area contributed by atoms with Crippen molar-refractivity contribution in [3.05, 3.63) is 23.8 Å². The summed E-state index contributed by atoms with van der Waals surface area (Å²) in [6.45, 7) is 2.46. The van der Waals surface area contributed by atoms with E-state index >= 15 is 0 Å². The molecule has 25 heavy (non-hydrogen) atoms. The summed E-state index contributed by atoms with van der Waals surface area (Å²) in [5.74, 6) is 0.0336. The fraction of sp³-hybridized carbons (Fsp3) is 0.562. The molecule has 0 radical (unpaired) electrons. The van der Waals surface area contributed by atoms with E-state index in [0.717, 1.165) is 0 Å². The van der Waals surface area contributed by atoms with Crippen LogP contribution >= 0.6 is 0 Å². The molecule has 0 saturated carbocycles. The molecule has 0 fully saturated rings. The van der Waals surface area contributed by atoms with Crippen LogP contribution in [-0.4, -0.2) is 66.1 Å². The Labute approximate surface area is 148 Å². The van der Waals surface area contributed by atoms with Crippen LogP contribution in [0.3, 0.4) is 0 Å². The predicted octanol–water partition coefficient (Wildman–Crippen LogP) is 1.05. The summed E-state index contributed by atoms with van der Waals surface area (Å²) < 4.78 is 43.6. The lowest BCUT2D eigenvalue weighted by atomic mass is 10.2. The Hall–Kier alpha value is -1.84. The molecule has 1 aromatic rings. The molecule has 1 aromatic carbocycles. The van der Waals surface area contributed by atoms with Crippen LogP contribution in [0.25, 0.3) is 0 Å². The predicted molar refractivity (Wildman–Crippen MR) is 92.3 cm³/mol. The lowest BCUT2D eigenvalue weighted by Gasteiger charge is -2.22. The van der Waals surface area contributed by atoms with E-state index in [1.807, 2.05) is 0 Å². The number of hydrogen-bond acceptors (Lipinski definition) is 7. The maximum atomic E-state index is 12.1. The monoisotopic (exact) mass is 375 g/mol. The number of carbonyl (C=O) groups excluding carboxylic acids is 1. The second-order valence-electron chi connectivity index (χ2n) is 5.16. The molecule has 9 heteroatoms. The fourth-order valence-electron chi connectivity index (χ4n) is 2.01. The molecule has 0 atom stereocenters. The van der Waals surface area contributed by atoms with Gasteiger partial charge in [-0.2, -0.15) is 8.42 Å². The van der Waals surface area contributed by atoms with Crippen molar-refractivity contribution in [1.29, 1.82) is 0 Å². The molecule has 0 aliphatic rings. The largest absolute Gasteiger partial charge is 0.493 e. The van der Waals surface area contributed by atoms with Crippen molar-refractivity contribution in [3.8, 4) is 11.5 Å². The number of carbonyl (C=O) groups is 1. The Balaban J connectivity index is 3.04. The van der Waals surface area contributed by atoms with Gasteiger partial charge in [-0.15, -0.1) is 0 Å². The highest BCUT2D eigenvalue weighted by atomic mass is 32.2. The first-order valence-electron chi connectivity index (χ1n) is 7.71. The van der Waals surface area contributed by atoms with Gasteiger partial charge in [0.05, 0.1) is 19.5 Å². The van der Waals surface area contributed by atoms with Gasteiger partial charge < -0.3 is 23.3 Å². The van der Waals surface area contributed by atoms with Gasteiger partial charge in [-0.3, -0.25) is 4.79 Å². The molecule has 0 spiro atoms. The Kier molecular flexibility index (Phi) is 8.67. The average molecular weight is 375 g/mol. The normalized spacial score (nSPS) is 11.2. The smallest absolute Gasteiger partial charge is 0.309 e. The molecule has 0 aromatic heterocycles. The molecule has 0 aliphatic heterocycles. The Morgan fingerprint density at radius 1 is 1.12 bits per heavy atom. The lowest BCUT2D eigenvalue weighted by molar-refractivity contribution is -0.136. The highest BCUT2D eigenvalue weighted by Gasteiger charge is 2.17. The highest BCUT2D eigenvalue weighted by Crippen LogP contribution is 2.30. The van der Waals surface area contributed by atoms with Gasteiger partial charge in [0.15, 0.2) is 11.5 Å². The van der Waals surface area contributed by atoms with Gasteiger partial charge in [0.25, 0.3) is 0 Å². The molecule has 0 N–H and O–H groups in total. The number of ether oxygens (including phenoxy) is 3. The summed E-state index contributed by atoms with van der Waals surface area (Å²) in [5.41, 5.74) is 0.697. The average Bonchev–Trinajstić information content (AvgIpc) is 2.58. The van der Waals surface area contributed by atoms with E-state index in [-0.39, 0.29) is 30.6 Å². The maximum Gasteiger partial charge on any atom is 0.309 e. The van der Waals surface area contributed by atoms with Gasteiger partial charge >= 0.3 is 10.1 Å². The van der Waals surface area contributed by atoms with E-state index in [1.54, 1.807) is 30.2 Å². The van der Waals surface area contributed by atoms with Crippen molar-refractivity contribution in [2.75, 3.05) is 46.8 Å². The molecule has 0 heterocycles. The van der Waals surface area contributed by atoms with Crippen LogP contribution < -0.4 is 8.92 Å². The number of amides is 1.